The van der Waals surface area contributed by atoms with Crippen molar-refractivity contribution in [3.63, 3.8) is 0 Å². The zero-order valence-corrected chi connectivity index (χ0v) is 18.0. The molecule has 1 fully saturated rings. The molecule has 156 valence electrons. The Hall–Kier alpha value is -2.96. The van der Waals surface area contributed by atoms with Gasteiger partial charge in [-0.2, -0.15) is 0 Å². The largest absolute Gasteiger partial charge is 0.442 e. The number of anilines is 1. The van der Waals surface area contributed by atoms with Crippen molar-refractivity contribution in [2.24, 2.45) is 0 Å². The Kier molecular flexibility index (Phi) is 4.31. The SMILES string of the molecule is CCc1ccc2c(n1)CN(C(=O)c1c(C)oc3ncnc(N(C)C4(C)CC4)c13)CC2. The fourth-order valence-corrected chi connectivity index (χ4v) is 4.30. The number of furan rings is 1. The Labute approximate surface area is 176 Å². The number of aromatic nitrogens is 3. The van der Waals surface area contributed by atoms with Gasteiger partial charge in [-0.3, -0.25) is 9.78 Å². The number of hydrogen-bond acceptors (Lipinski definition) is 6. The number of rotatable bonds is 4. The zero-order chi connectivity index (χ0) is 21.0. The summed E-state index contributed by atoms with van der Waals surface area (Å²) >= 11 is 0. The lowest BCUT2D eigenvalue weighted by Gasteiger charge is -2.29. The van der Waals surface area contributed by atoms with Crippen LogP contribution in [-0.2, 0) is 19.4 Å². The zero-order valence-electron chi connectivity index (χ0n) is 18.0. The van der Waals surface area contributed by atoms with Gasteiger partial charge in [0.1, 0.15) is 17.9 Å². The van der Waals surface area contributed by atoms with E-state index < -0.39 is 0 Å². The maximum absolute atomic E-state index is 13.7. The molecule has 0 atom stereocenters. The molecule has 2 aliphatic rings. The molecule has 0 bridgehead atoms. The minimum Gasteiger partial charge on any atom is -0.442 e. The van der Waals surface area contributed by atoms with E-state index in [1.165, 1.54) is 11.9 Å². The first kappa shape index (κ1) is 19.0. The molecule has 1 aliphatic heterocycles. The van der Waals surface area contributed by atoms with E-state index in [9.17, 15) is 4.79 Å². The molecule has 4 heterocycles. The number of fused-ring (bicyclic) bond motifs is 2. The number of hydrogen-bond donors (Lipinski definition) is 0. The second kappa shape index (κ2) is 6.79. The topological polar surface area (TPSA) is 75.4 Å². The van der Waals surface area contributed by atoms with E-state index in [-0.39, 0.29) is 11.4 Å². The van der Waals surface area contributed by atoms with Crippen LogP contribution in [0.3, 0.4) is 0 Å². The molecule has 0 unspecified atom stereocenters. The van der Waals surface area contributed by atoms with Gasteiger partial charge in [0.2, 0.25) is 5.71 Å². The first-order valence-corrected chi connectivity index (χ1v) is 10.7. The summed E-state index contributed by atoms with van der Waals surface area (Å²) < 4.78 is 5.90. The van der Waals surface area contributed by atoms with Crippen molar-refractivity contribution >= 4 is 22.8 Å². The van der Waals surface area contributed by atoms with Gasteiger partial charge in [0.15, 0.2) is 0 Å². The molecule has 3 aromatic rings. The predicted molar refractivity (Wildman–Crippen MR) is 115 cm³/mol. The van der Waals surface area contributed by atoms with Crippen molar-refractivity contribution in [1.82, 2.24) is 19.9 Å². The number of carbonyl (C=O) groups excluding carboxylic acids is 1. The molecule has 0 aromatic carbocycles. The average molecular weight is 406 g/mol. The molecule has 0 spiro atoms. The average Bonchev–Trinajstić information content (AvgIpc) is 3.42. The summed E-state index contributed by atoms with van der Waals surface area (Å²) in [6.07, 6.45) is 5.45. The van der Waals surface area contributed by atoms with Crippen LogP contribution in [0.15, 0.2) is 22.9 Å². The van der Waals surface area contributed by atoms with Gasteiger partial charge in [-0.05, 0) is 51.2 Å². The summed E-state index contributed by atoms with van der Waals surface area (Å²) in [4.78, 5) is 31.3. The summed E-state index contributed by atoms with van der Waals surface area (Å²) in [6.45, 7) is 7.34. The molecular formula is C23H27N5O2. The fourth-order valence-electron chi connectivity index (χ4n) is 4.30. The first-order chi connectivity index (χ1) is 14.4. The highest BCUT2D eigenvalue weighted by Crippen LogP contribution is 2.44. The third-order valence-corrected chi connectivity index (χ3v) is 6.73. The highest BCUT2D eigenvalue weighted by atomic mass is 16.3. The van der Waals surface area contributed by atoms with E-state index in [0.29, 0.717) is 30.1 Å². The summed E-state index contributed by atoms with van der Waals surface area (Å²) in [6, 6.07) is 4.24. The quantitative estimate of drug-likeness (QED) is 0.659. The molecular weight excluding hydrogens is 378 g/mol. The minimum absolute atomic E-state index is 0.0361. The second-order valence-corrected chi connectivity index (χ2v) is 8.71. The molecule has 1 aliphatic carbocycles. The third kappa shape index (κ3) is 2.95. The highest BCUT2D eigenvalue weighted by molar-refractivity contribution is 6.10. The van der Waals surface area contributed by atoms with Crippen LogP contribution < -0.4 is 4.90 Å². The van der Waals surface area contributed by atoms with Gasteiger partial charge < -0.3 is 14.2 Å². The van der Waals surface area contributed by atoms with Crippen molar-refractivity contribution in [1.29, 1.82) is 0 Å². The standard InChI is InChI=1S/C23H27N5O2/c1-5-16-7-6-15-8-11-28(12-17(15)26-16)22(29)18-14(2)30-21-19(18)20(24-13-25-21)27(4)23(3)9-10-23/h6-7,13H,5,8-12H2,1-4H3. The Morgan fingerprint density at radius 3 is 2.83 bits per heavy atom. The van der Waals surface area contributed by atoms with E-state index >= 15 is 0 Å². The molecule has 5 rings (SSSR count). The second-order valence-electron chi connectivity index (χ2n) is 8.71. The van der Waals surface area contributed by atoms with E-state index in [1.54, 1.807) is 0 Å². The fraction of sp³-hybridized carbons (Fsp3) is 0.478. The third-order valence-electron chi connectivity index (χ3n) is 6.73. The lowest BCUT2D eigenvalue weighted by Crippen LogP contribution is -2.37. The normalized spacial score (nSPS) is 17.1. The summed E-state index contributed by atoms with van der Waals surface area (Å²) in [7, 11) is 2.04. The number of nitrogens with zero attached hydrogens (tertiary/aromatic N) is 5. The van der Waals surface area contributed by atoms with Crippen molar-refractivity contribution in [3.05, 3.63) is 46.7 Å². The Balaban J connectivity index is 1.54. The lowest BCUT2D eigenvalue weighted by molar-refractivity contribution is 0.0731. The highest BCUT2D eigenvalue weighted by Gasteiger charge is 2.43. The number of pyridine rings is 1. The van der Waals surface area contributed by atoms with Crippen LogP contribution in [0, 0.1) is 6.92 Å². The molecule has 7 nitrogen and oxygen atoms in total. The van der Waals surface area contributed by atoms with E-state index in [0.717, 1.165) is 48.3 Å². The van der Waals surface area contributed by atoms with Gasteiger partial charge in [0.25, 0.3) is 5.91 Å². The molecule has 0 radical (unpaired) electrons. The Bertz CT molecular complexity index is 1150. The minimum atomic E-state index is -0.0361. The first-order valence-electron chi connectivity index (χ1n) is 10.7. The van der Waals surface area contributed by atoms with Gasteiger partial charge in [0, 0.05) is 24.8 Å². The predicted octanol–water partition coefficient (Wildman–Crippen LogP) is 3.68. The van der Waals surface area contributed by atoms with Gasteiger partial charge in [-0.1, -0.05) is 13.0 Å². The van der Waals surface area contributed by atoms with Crippen molar-refractivity contribution < 1.29 is 9.21 Å². The van der Waals surface area contributed by atoms with Crippen LogP contribution in [0.1, 0.15) is 59.8 Å². The van der Waals surface area contributed by atoms with Crippen molar-refractivity contribution in [2.75, 3.05) is 18.5 Å². The maximum Gasteiger partial charge on any atom is 0.258 e. The van der Waals surface area contributed by atoms with Gasteiger partial charge >= 0.3 is 0 Å². The van der Waals surface area contributed by atoms with Crippen LogP contribution >= 0.6 is 0 Å². The van der Waals surface area contributed by atoms with E-state index in [1.807, 2.05) is 18.9 Å². The van der Waals surface area contributed by atoms with Crippen molar-refractivity contribution in [2.45, 2.75) is 58.5 Å². The van der Waals surface area contributed by atoms with Gasteiger partial charge in [-0.25, -0.2) is 9.97 Å². The van der Waals surface area contributed by atoms with Crippen molar-refractivity contribution in [3.8, 4) is 0 Å². The summed E-state index contributed by atoms with van der Waals surface area (Å²) in [5.41, 5.74) is 4.42. The molecule has 0 saturated heterocycles. The lowest BCUT2D eigenvalue weighted by atomic mass is 10.0. The van der Waals surface area contributed by atoms with E-state index in [2.05, 4.69) is 40.8 Å². The van der Waals surface area contributed by atoms with Crippen LogP contribution in [0.5, 0.6) is 0 Å². The molecule has 3 aromatic heterocycles. The maximum atomic E-state index is 13.7. The van der Waals surface area contributed by atoms with Crippen LogP contribution in [0.25, 0.3) is 11.1 Å². The number of carbonyl (C=O) groups is 1. The summed E-state index contributed by atoms with van der Waals surface area (Å²) in [5, 5.41) is 0.719. The number of aryl methyl sites for hydroxylation is 2. The molecule has 1 saturated carbocycles. The van der Waals surface area contributed by atoms with E-state index in [4.69, 9.17) is 9.40 Å². The smallest absolute Gasteiger partial charge is 0.258 e. The van der Waals surface area contributed by atoms with Crippen LogP contribution in [0.2, 0.25) is 0 Å². The summed E-state index contributed by atoms with van der Waals surface area (Å²) in [5.74, 6) is 1.32. The number of amides is 1. The van der Waals surface area contributed by atoms with Gasteiger partial charge in [0.05, 0.1) is 23.2 Å². The molecule has 0 N–H and O–H groups in total. The Morgan fingerprint density at radius 1 is 1.30 bits per heavy atom. The van der Waals surface area contributed by atoms with Crippen LogP contribution in [0.4, 0.5) is 5.82 Å². The van der Waals surface area contributed by atoms with Gasteiger partial charge in [-0.15, -0.1) is 0 Å². The monoisotopic (exact) mass is 405 g/mol. The molecule has 1 amide bonds. The molecule has 7 heteroatoms. The van der Waals surface area contributed by atoms with Crippen LogP contribution in [-0.4, -0.2) is 44.9 Å². The Morgan fingerprint density at radius 2 is 2.10 bits per heavy atom. The molecule has 30 heavy (non-hydrogen) atoms.